The largest absolute Gasteiger partial charge is 0.474 e. The van der Waals surface area contributed by atoms with Gasteiger partial charge in [0.15, 0.2) is 6.23 Å². The fraction of sp³-hybridized carbons (Fsp3) is 0.278. The third-order valence-electron chi connectivity index (χ3n) is 4.54. The van der Waals surface area contributed by atoms with Crippen LogP contribution >= 0.6 is 0 Å². The third-order valence-corrected chi connectivity index (χ3v) is 4.54. The first kappa shape index (κ1) is 14.2. The van der Waals surface area contributed by atoms with Gasteiger partial charge in [0.05, 0.1) is 5.92 Å². The molecule has 0 saturated carbocycles. The number of fused-ring (bicyclic) bond motifs is 2. The molecule has 2 aromatic rings. The van der Waals surface area contributed by atoms with Crippen molar-refractivity contribution < 1.29 is 13.9 Å². The minimum atomic E-state index is -0.411. The molecule has 0 aliphatic carbocycles. The molecule has 0 bridgehead atoms. The Balaban J connectivity index is 1.63. The second kappa shape index (κ2) is 5.35. The molecule has 3 unspecified atom stereocenters. The normalized spacial score (nSPS) is 25.8. The highest BCUT2D eigenvalue weighted by atomic mass is 19.1. The first-order valence-corrected chi connectivity index (χ1v) is 7.69. The number of hydrogen-bond donors (Lipinski definition) is 2. The fourth-order valence-corrected chi connectivity index (χ4v) is 3.30. The van der Waals surface area contributed by atoms with Crippen LogP contribution in [0.5, 0.6) is 5.75 Å². The van der Waals surface area contributed by atoms with E-state index in [1.165, 1.54) is 12.1 Å². The van der Waals surface area contributed by atoms with Crippen LogP contribution in [0, 0.1) is 18.7 Å². The summed E-state index contributed by atoms with van der Waals surface area (Å²) in [7, 11) is 0. The third kappa shape index (κ3) is 2.47. The molecule has 1 fully saturated rings. The topological polar surface area (TPSA) is 50.4 Å². The maximum atomic E-state index is 13.4. The Kier molecular flexibility index (Phi) is 3.31. The van der Waals surface area contributed by atoms with Crippen molar-refractivity contribution in [2.75, 3.05) is 0 Å². The Morgan fingerprint density at radius 1 is 1.22 bits per heavy atom. The lowest BCUT2D eigenvalue weighted by Gasteiger charge is -2.41. The van der Waals surface area contributed by atoms with Crippen LogP contribution < -0.4 is 15.4 Å². The second-order valence-corrected chi connectivity index (χ2v) is 6.07. The van der Waals surface area contributed by atoms with E-state index >= 15 is 0 Å². The van der Waals surface area contributed by atoms with E-state index in [-0.39, 0.29) is 23.8 Å². The number of benzene rings is 2. The lowest BCUT2D eigenvalue weighted by Crippen LogP contribution is -2.60. The van der Waals surface area contributed by atoms with Gasteiger partial charge < -0.3 is 10.1 Å². The van der Waals surface area contributed by atoms with Gasteiger partial charge in [0, 0.05) is 0 Å². The van der Waals surface area contributed by atoms with Gasteiger partial charge in [0.25, 0.3) is 0 Å². The molecule has 0 radical (unpaired) electrons. The van der Waals surface area contributed by atoms with Crippen LogP contribution in [-0.4, -0.2) is 12.1 Å². The first-order valence-electron chi connectivity index (χ1n) is 7.69. The zero-order valence-corrected chi connectivity index (χ0v) is 12.7. The maximum absolute atomic E-state index is 13.4. The van der Waals surface area contributed by atoms with Crippen LogP contribution in [0.1, 0.15) is 22.9 Å². The van der Waals surface area contributed by atoms with E-state index in [0.29, 0.717) is 12.2 Å². The highest BCUT2D eigenvalue weighted by Gasteiger charge is 2.41. The molecule has 23 heavy (non-hydrogen) atoms. The van der Waals surface area contributed by atoms with Gasteiger partial charge in [-0.3, -0.25) is 10.1 Å². The van der Waals surface area contributed by atoms with Gasteiger partial charge >= 0.3 is 0 Å². The zero-order valence-electron chi connectivity index (χ0n) is 12.7. The molecule has 4 nitrogen and oxygen atoms in total. The van der Waals surface area contributed by atoms with Gasteiger partial charge in [-0.05, 0) is 48.2 Å². The van der Waals surface area contributed by atoms with Crippen LogP contribution in [-0.2, 0) is 11.2 Å². The van der Waals surface area contributed by atoms with E-state index in [0.717, 1.165) is 16.7 Å². The van der Waals surface area contributed by atoms with Gasteiger partial charge in [-0.15, -0.1) is 0 Å². The minimum Gasteiger partial charge on any atom is -0.474 e. The summed E-state index contributed by atoms with van der Waals surface area (Å²) < 4.78 is 19.3. The number of carbonyl (C=O) groups is 1. The zero-order chi connectivity index (χ0) is 16.0. The number of rotatable bonds is 1. The number of amides is 1. The van der Waals surface area contributed by atoms with Crippen molar-refractivity contribution in [2.45, 2.75) is 25.7 Å². The Bertz CT molecular complexity index is 777. The Morgan fingerprint density at radius 2 is 2.04 bits per heavy atom. The lowest BCUT2D eigenvalue weighted by molar-refractivity contribution is -0.135. The van der Waals surface area contributed by atoms with E-state index in [9.17, 15) is 9.18 Å². The fourth-order valence-electron chi connectivity index (χ4n) is 3.30. The van der Waals surface area contributed by atoms with E-state index in [4.69, 9.17) is 4.74 Å². The average molecular weight is 312 g/mol. The van der Waals surface area contributed by atoms with Gasteiger partial charge in [0.1, 0.15) is 17.7 Å². The van der Waals surface area contributed by atoms with Gasteiger partial charge in [-0.1, -0.05) is 24.3 Å². The van der Waals surface area contributed by atoms with Crippen LogP contribution in [0.15, 0.2) is 42.5 Å². The predicted octanol–water partition coefficient (Wildman–Crippen LogP) is 2.43. The molecular weight excluding hydrogens is 295 g/mol. The number of aryl methyl sites for hydroxylation is 1. The van der Waals surface area contributed by atoms with Crippen molar-refractivity contribution in [1.82, 2.24) is 10.6 Å². The van der Waals surface area contributed by atoms with E-state index in [1.54, 1.807) is 6.07 Å². The molecule has 5 heteroatoms. The summed E-state index contributed by atoms with van der Waals surface area (Å²) in [5.74, 6) is -0.104. The Labute approximate surface area is 133 Å². The van der Waals surface area contributed by atoms with E-state index in [1.807, 2.05) is 31.2 Å². The van der Waals surface area contributed by atoms with E-state index < -0.39 is 6.23 Å². The molecule has 4 rings (SSSR count). The summed E-state index contributed by atoms with van der Waals surface area (Å²) in [5.41, 5.74) is 2.85. The smallest absolute Gasteiger partial charge is 0.230 e. The van der Waals surface area contributed by atoms with Crippen LogP contribution in [0.3, 0.4) is 0 Å². The second-order valence-electron chi connectivity index (χ2n) is 6.07. The van der Waals surface area contributed by atoms with Crippen molar-refractivity contribution in [3.8, 4) is 5.75 Å². The molecule has 2 aliphatic rings. The standard InChI is InChI=1S/C18H17FN2O2/c1-10-4-2-3-5-13(10)16-20-17(22)14-9-11-8-12(19)6-7-15(11)23-18(14)21-16/h2-8,14,16,18,21H,9H2,1H3,(H,20,22). The summed E-state index contributed by atoms with van der Waals surface area (Å²) in [6, 6.07) is 12.3. The highest BCUT2D eigenvalue weighted by Crippen LogP contribution is 2.34. The molecule has 118 valence electrons. The molecular formula is C18H17FN2O2. The maximum Gasteiger partial charge on any atom is 0.230 e. The van der Waals surface area contributed by atoms with Gasteiger partial charge in [0.2, 0.25) is 5.91 Å². The van der Waals surface area contributed by atoms with Crippen molar-refractivity contribution in [1.29, 1.82) is 0 Å². The lowest BCUT2D eigenvalue weighted by atomic mass is 9.90. The highest BCUT2D eigenvalue weighted by molar-refractivity contribution is 5.81. The van der Waals surface area contributed by atoms with E-state index in [2.05, 4.69) is 10.6 Å². The van der Waals surface area contributed by atoms with Crippen molar-refractivity contribution in [3.63, 3.8) is 0 Å². The molecule has 2 N–H and O–H groups in total. The summed E-state index contributed by atoms with van der Waals surface area (Å²) >= 11 is 0. The van der Waals surface area contributed by atoms with Gasteiger partial charge in [-0.25, -0.2) is 4.39 Å². The monoisotopic (exact) mass is 312 g/mol. The first-order chi connectivity index (χ1) is 11.1. The molecule has 1 saturated heterocycles. The average Bonchev–Trinajstić information content (AvgIpc) is 2.54. The van der Waals surface area contributed by atoms with Crippen molar-refractivity contribution in [2.24, 2.45) is 5.92 Å². The number of hydrogen-bond acceptors (Lipinski definition) is 3. The summed E-state index contributed by atoms with van der Waals surface area (Å²) in [4.78, 5) is 12.5. The van der Waals surface area contributed by atoms with Crippen LogP contribution in [0.2, 0.25) is 0 Å². The van der Waals surface area contributed by atoms with Crippen molar-refractivity contribution in [3.05, 3.63) is 65.0 Å². The van der Waals surface area contributed by atoms with Crippen molar-refractivity contribution >= 4 is 5.91 Å². The quantitative estimate of drug-likeness (QED) is 0.850. The molecule has 1 amide bonds. The summed E-state index contributed by atoms with van der Waals surface area (Å²) in [6.07, 6.45) is -0.227. The van der Waals surface area contributed by atoms with Gasteiger partial charge in [-0.2, -0.15) is 0 Å². The summed E-state index contributed by atoms with van der Waals surface area (Å²) in [6.45, 7) is 2.01. The molecule has 0 spiro atoms. The predicted molar refractivity (Wildman–Crippen MR) is 83.2 cm³/mol. The number of halogens is 1. The number of ether oxygens (including phenoxy) is 1. The van der Waals surface area contributed by atoms with Crippen LogP contribution in [0.4, 0.5) is 4.39 Å². The molecule has 2 aliphatic heterocycles. The SMILES string of the molecule is Cc1ccccc1C1NC(=O)C2Cc3cc(F)ccc3OC2N1. The summed E-state index contributed by atoms with van der Waals surface area (Å²) in [5, 5.41) is 6.34. The minimum absolute atomic E-state index is 0.0723. The van der Waals surface area contributed by atoms with Crippen LogP contribution in [0.25, 0.3) is 0 Å². The molecule has 2 aromatic carbocycles. The molecule has 2 heterocycles. The Morgan fingerprint density at radius 3 is 2.87 bits per heavy atom. The Hall–Kier alpha value is -2.40. The number of carbonyl (C=O) groups excluding carboxylic acids is 1. The molecule has 3 atom stereocenters. The number of nitrogens with one attached hydrogen (secondary N) is 2. The molecule has 0 aromatic heterocycles.